The van der Waals surface area contributed by atoms with Gasteiger partial charge in [0.2, 0.25) is 5.78 Å². The summed E-state index contributed by atoms with van der Waals surface area (Å²) in [4.78, 5) is 19.4. The fourth-order valence-electron chi connectivity index (χ4n) is 4.96. The maximum Gasteiger partial charge on any atom is 0.218 e. The van der Waals surface area contributed by atoms with Crippen molar-refractivity contribution < 1.29 is 14.4 Å². The third kappa shape index (κ3) is 4.22. The lowest BCUT2D eigenvalue weighted by Gasteiger charge is -2.28. The zero-order chi connectivity index (χ0) is 21.3. The molecular formula is C24H32N3O2S+. The molecule has 0 aliphatic carbocycles. The van der Waals surface area contributed by atoms with Crippen LogP contribution in [0.25, 0.3) is 10.2 Å². The van der Waals surface area contributed by atoms with Crippen molar-refractivity contribution >= 4 is 27.3 Å². The minimum absolute atomic E-state index is 0.224. The van der Waals surface area contributed by atoms with Gasteiger partial charge in [-0.25, -0.2) is 4.98 Å². The zero-order valence-electron chi connectivity index (χ0n) is 18.4. The molecule has 1 N–H and O–H groups in total. The number of aromatic nitrogens is 2. The summed E-state index contributed by atoms with van der Waals surface area (Å²) in [6, 6.07) is 10.6. The monoisotopic (exact) mass is 426 g/mol. The van der Waals surface area contributed by atoms with Crippen LogP contribution < -0.4 is 4.90 Å². The number of ether oxygens (including phenoxy) is 1. The number of carbonyl (C=O) groups is 1. The number of methoxy groups -OCH3 is 1. The minimum atomic E-state index is 0.224. The fraction of sp³-hybridized carbons (Fsp3) is 0.500. The Labute approximate surface area is 182 Å². The van der Waals surface area contributed by atoms with Crippen LogP contribution in [-0.2, 0) is 4.74 Å². The third-order valence-electron chi connectivity index (χ3n) is 6.32. The Balaban J connectivity index is 1.46. The highest BCUT2D eigenvalue weighted by molar-refractivity contribution is 7.18. The zero-order valence-corrected chi connectivity index (χ0v) is 19.2. The first-order valence-electron chi connectivity index (χ1n) is 10.9. The number of Topliss-reactive ketones (excluding diaryl/α,β-unsaturated/α-hetero) is 1. The third-order valence-corrected chi connectivity index (χ3v) is 7.52. The molecule has 1 saturated heterocycles. The topological polar surface area (TPSA) is 48.6 Å². The molecule has 1 aliphatic heterocycles. The first-order chi connectivity index (χ1) is 14.5. The second kappa shape index (κ2) is 9.00. The summed E-state index contributed by atoms with van der Waals surface area (Å²) in [5.74, 6) is 0.701. The Morgan fingerprint density at radius 3 is 2.93 bits per heavy atom. The van der Waals surface area contributed by atoms with Crippen LogP contribution in [-0.4, -0.2) is 48.7 Å². The van der Waals surface area contributed by atoms with Gasteiger partial charge in [0.25, 0.3) is 0 Å². The largest absolute Gasteiger partial charge is 0.383 e. The maximum absolute atomic E-state index is 13.2. The highest BCUT2D eigenvalue weighted by Crippen LogP contribution is 2.30. The van der Waals surface area contributed by atoms with E-state index in [-0.39, 0.29) is 11.8 Å². The van der Waals surface area contributed by atoms with Crippen LogP contribution in [0.5, 0.6) is 0 Å². The summed E-state index contributed by atoms with van der Waals surface area (Å²) in [5.41, 5.74) is 4.14. The number of para-hydroxylation sites is 1. The first-order valence-corrected chi connectivity index (χ1v) is 11.7. The van der Waals surface area contributed by atoms with Crippen molar-refractivity contribution in [3.05, 3.63) is 52.3 Å². The molecule has 1 unspecified atom stereocenters. The van der Waals surface area contributed by atoms with Crippen LogP contribution in [0.4, 0.5) is 0 Å². The average Bonchev–Trinajstić information content (AvgIpc) is 3.29. The average molecular weight is 427 g/mol. The van der Waals surface area contributed by atoms with Crippen LogP contribution in [0.1, 0.15) is 58.5 Å². The van der Waals surface area contributed by atoms with Crippen molar-refractivity contribution in [1.29, 1.82) is 0 Å². The molecule has 0 spiro atoms. The van der Waals surface area contributed by atoms with Gasteiger partial charge in [-0.15, -0.1) is 11.3 Å². The van der Waals surface area contributed by atoms with E-state index in [1.165, 1.54) is 21.0 Å². The normalized spacial score (nSPS) is 20.5. The summed E-state index contributed by atoms with van der Waals surface area (Å²) >= 11 is 1.81. The predicted molar refractivity (Wildman–Crippen MR) is 122 cm³/mol. The molecule has 160 valence electrons. The Morgan fingerprint density at radius 1 is 1.37 bits per heavy atom. The maximum atomic E-state index is 13.2. The predicted octanol–water partition coefficient (Wildman–Crippen LogP) is 3.57. The number of likely N-dealkylation sites (tertiary alicyclic amines) is 1. The van der Waals surface area contributed by atoms with Gasteiger partial charge in [-0.1, -0.05) is 12.1 Å². The molecule has 1 aromatic carbocycles. The van der Waals surface area contributed by atoms with Gasteiger partial charge in [-0.3, -0.25) is 4.79 Å². The van der Waals surface area contributed by atoms with Gasteiger partial charge >= 0.3 is 0 Å². The molecule has 3 aromatic rings. The summed E-state index contributed by atoms with van der Waals surface area (Å²) in [6.45, 7) is 9.52. The molecule has 6 heteroatoms. The van der Waals surface area contributed by atoms with Crippen molar-refractivity contribution in [1.82, 2.24) is 9.55 Å². The van der Waals surface area contributed by atoms with Crippen LogP contribution >= 0.6 is 11.3 Å². The molecular weight excluding hydrogens is 394 g/mol. The number of hydrogen-bond donors (Lipinski definition) is 1. The lowest BCUT2D eigenvalue weighted by atomic mass is 9.98. The summed E-state index contributed by atoms with van der Waals surface area (Å²) in [6.07, 6.45) is 2.31. The van der Waals surface area contributed by atoms with E-state index in [4.69, 9.17) is 9.72 Å². The number of fused-ring (bicyclic) bond motifs is 1. The first kappa shape index (κ1) is 21.2. The van der Waals surface area contributed by atoms with E-state index in [0.717, 1.165) is 42.0 Å². The fourth-order valence-corrected chi connectivity index (χ4v) is 6.06. The quantitative estimate of drug-likeness (QED) is 0.588. The van der Waals surface area contributed by atoms with Crippen molar-refractivity contribution in [2.45, 2.75) is 45.6 Å². The van der Waals surface area contributed by atoms with E-state index in [1.807, 2.05) is 17.4 Å². The Bertz CT molecular complexity index is 1010. The number of ketones is 1. The smallest absolute Gasteiger partial charge is 0.218 e. The number of nitrogens with zero attached hydrogens (tertiary/aromatic N) is 2. The molecule has 0 bridgehead atoms. The number of carbonyl (C=O) groups excluding carboxylic acids is 1. The molecule has 2 aromatic heterocycles. The van der Waals surface area contributed by atoms with Crippen LogP contribution in [0, 0.1) is 13.8 Å². The molecule has 3 heterocycles. The van der Waals surface area contributed by atoms with Crippen molar-refractivity contribution in [3.63, 3.8) is 0 Å². The Morgan fingerprint density at radius 2 is 2.17 bits per heavy atom. The van der Waals surface area contributed by atoms with Crippen molar-refractivity contribution in [3.8, 4) is 0 Å². The second-order valence-electron chi connectivity index (χ2n) is 8.62. The summed E-state index contributed by atoms with van der Waals surface area (Å²) < 4.78 is 8.81. The van der Waals surface area contributed by atoms with Gasteiger partial charge < -0.3 is 14.2 Å². The van der Waals surface area contributed by atoms with Gasteiger partial charge in [-0.2, -0.15) is 0 Å². The number of nitrogens with one attached hydrogen (secondary N) is 1. The number of aryl methyl sites for hydroxylation is 1. The summed E-state index contributed by atoms with van der Waals surface area (Å²) in [7, 11) is 1.72. The number of thiazole rings is 1. The van der Waals surface area contributed by atoms with Crippen molar-refractivity contribution in [2.75, 3.05) is 33.4 Å². The number of quaternary nitrogens is 1. The van der Waals surface area contributed by atoms with E-state index in [9.17, 15) is 4.79 Å². The second-order valence-corrected chi connectivity index (χ2v) is 9.68. The van der Waals surface area contributed by atoms with Gasteiger partial charge in [0.15, 0.2) is 0 Å². The lowest BCUT2D eigenvalue weighted by Crippen LogP contribution is -3.14. The molecule has 0 amide bonds. The molecule has 0 saturated carbocycles. The van der Waals surface area contributed by atoms with Gasteiger partial charge in [0.1, 0.15) is 11.6 Å². The minimum Gasteiger partial charge on any atom is -0.383 e. The highest BCUT2D eigenvalue weighted by atomic mass is 32.1. The van der Waals surface area contributed by atoms with E-state index in [2.05, 4.69) is 49.6 Å². The SMILES string of the molecule is COC[C@H](C)n1c(C)cc(C(=O)C[NH+]2CCC[C@H](c3nc4ccccc4s3)C2)c1C. The van der Waals surface area contributed by atoms with Gasteiger partial charge in [-0.05, 0) is 51.8 Å². The van der Waals surface area contributed by atoms with E-state index in [0.29, 0.717) is 19.1 Å². The van der Waals surface area contributed by atoms with Crippen molar-refractivity contribution in [2.24, 2.45) is 0 Å². The van der Waals surface area contributed by atoms with E-state index >= 15 is 0 Å². The van der Waals surface area contributed by atoms with Crippen LogP contribution in [0.15, 0.2) is 30.3 Å². The highest BCUT2D eigenvalue weighted by Gasteiger charge is 2.29. The van der Waals surface area contributed by atoms with Crippen LogP contribution in [0.3, 0.4) is 0 Å². The number of piperidine rings is 1. The molecule has 3 atom stereocenters. The molecule has 1 aliphatic rings. The Kier molecular flexibility index (Phi) is 6.37. The molecule has 4 rings (SSSR count). The Hall–Kier alpha value is -2.02. The lowest BCUT2D eigenvalue weighted by molar-refractivity contribution is -0.897. The van der Waals surface area contributed by atoms with E-state index < -0.39 is 0 Å². The molecule has 1 fully saturated rings. The van der Waals surface area contributed by atoms with Crippen LogP contribution in [0.2, 0.25) is 0 Å². The number of hydrogen-bond acceptors (Lipinski definition) is 4. The molecule has 5 nitrogen and oxygen atoms in total. The standard InChI is InChI=1S/C24H31N3O2S/c1-16-12-20(18(3)27(16)17(2)15-29-4)22(28)14-26-11-7-8-19(13-26)24-25-21-9-5-6-10-23(21)30-24/h5-6,9-10,12,17,19H,7-8,11,13-15H2,1-4H3/p+1/t17-,19-/m0/s1. The summed E-state index contributed by atoms with van der Waals surface area (Å²) in [5, 5.41) is 1.23. The van der Waals surface area contributed by atoms with Gasteiger partial charge in [0.05, 0.1) is 41.9 Å². The number of rotatable bonds is 7. The molecule has 0 radical (unpaired) electrons. The molecule has 30 heavy (non-hydrogen) atoms. The van der Waals surface area contributed by atoms with E-state index in [1.54, 1.807) is 7.11 Å². The number of benzene rings is 1. The van der Waals surface area contributed by atoms with Gasteiger partial charge in [0, 0.05) is 24.1 Å².